The number of carbonyl (C=O) groups is 1. The Morgan fingerprint density at radius 2 is 2.00 bits per heavy atom. The zero-order valence-electron chi connectivity index (χ0n) is 11.5. The maximum absolute atomic E-state index is 12.0. The monoisotopic (exact) mass is 381 g/mol. The summed E-state index contributed by atoms with van der Waals surface area (Å²) >= 11 is 3.10. The molecule has 0 aliphatic heterocycles. The highest BCUT2D eigenvalue weighted by atomic mass is 79.9. The van der Waals surface area contributed by atoms with Crippen molar-refractivity contribution in [3.63, 3.8) is 0 Å². The summed E-state index contributed by atoms with van der Waals surface area (Å²) in [5, 5.41) is 2.80. The van der Waals surface area contributed by atoms with Crippen LogP contribution >= 0.6 is 26.6 Å². The molecule has 1 rings (SSSR count). The molecular formula is C13H17BrClNO3S. The number of benzene rings is 1. The van der Waals surface area contributed by atoms with Gasteiger partial charge in [-0.05, 0) is 46.0 Å². The van der Waals surface area contributed by atoms with Crippen LogP contribution in [0.25, 0.3) is 0 Å². The van der Waals surface area contributed by atoms with Crippen LogP contribution in [-0.2, 0) is 9.05 Å². The van der Waals surface area contributed by atoms with E-state index in [-0.39, 0.29) is 21.8 Å². The third kappa shape index (κ3) is 4.75. The second kappa shape index (κ2) is 6.45. The number of hydrogen-bond acceptors (Lipinski definition) is 3. The first kappa shape index (κ1) is 17.5. The summed E-state index contributed by atoms with van der Waals surface area (Å²) in [6.45, 7) is 6.65. The van der Waals surface area contributed by atoms with Crippen molar-refractivity contribution in [1.82, 2.24) is 5.32 Å². The Morgan fingerprint density at radius 1 is 1.40 bits per heavy atom. The van der Waals surface area contributed by atoms with E-state index in [0.29, 0.717) is 11.0 Å². The third-order valence-electron chi connectivity index (χ3n) is 3.14. The first-order valence-corrected chi connectivity index (χ1v) is 9.19. The molecule has 1 aromatic carbocycles. The molecule has 0 aliphatic carbocycles. The predicted octanol–water partition coefficient (Wildman–Crippen LogP) is 3.54. The Morgan fingerprint density at radius 3 is 2.50 bits per heavy atom. The highest BCUT2D eigenvalue weighted by molar-refractivity contribution is 9.10. The number of rotatable bonds is 5. The molecule has 0 atom stereocenters. The number of halogens is 2. The van der Waals surface area contributed by atoms with Crippen molar-refractivity contribution in [3.05, 3.63) is 28.2 Å². The maximum Gasteiger partial charge on any atom is 0.262 e. The van der Waals surface area contributed by atoms with Gasteiger partial charge in [0.05, 0.1) is 4.90 Å². The SMILES string of the molecule is CCC(C)(C)CNC(=O)c1ccc(Br)c(S(=O)(=O)Cl)c1. The van der Waals surface area contributed by atoms with Crippen LogP contribution in [0.4, 0.5) is 0 Å². The van der Waals surface area contributed by atoms with Gasteiger partial charge in [-0.15, -0.1) is 0 Å². The summed E-state index contributed by atoms with van der Waals surface area (Å²) in [4.78, 5) is 11.9. The van der Waals surface area contributed by atoms with Crippen molar-refractivity contribution in [2.45, 2.75) is 32.1 Å². The van der Waals surface area contributed by atoms with Crippen LogP contribution in [0.3, 0.4) is 0 Å². The molecule has 0 bridgehead atoms. The van der Waals surface area contributed by atoms with E-state index < -0.39 is 9.05 Å². The van der Waals surface area contributed by atoms with Crippen molar-refractivity contribution in [2.24, 2.45) is 5.41 Å². The predicted molar refractivity (Wildman–Crippen MR) is 83.6 cm³/mol. The van der Waals surface area contributed by atoms with E-state index in [2.05, 4.69) is 21.2 Å². The zero-order chi connectivity index (χ0) is 15.6. The number of nitrogens with one attached hydrogen (secondary N) is 1. The molecule has 0 unspecified atom stereocenters. The molecule has 0 radical (unpaired) electrons. The fraction of sp³-hybridized carbons (Fsp3) is 0.462. The summed E-state index contributed by atoms with van der Waals surface area (Å²) in [7, 11) is 1.43. The van der Waals surface area contributed by atoms with Gasteiger partial charge in [-0.2, -0.15) is 0 Å². The molecule has 0 aromatic heterocycles. The molecule has 0 spiro atoms. The normalized spacial score (nSPS) is 12.2. The smallest absolute Gasteiger partial charge is 0.262 e. The van der Waals surface area contributed by atoms with Gasteiger partial charge in [0.25, 0.3) is 15.0 Å². The van der Waals surface area contributed by atoms with Crippen LogP contribution in [0, 0.1) is 5.41 Å². The topological polar surface area (TPSA) is 63.2 Å². The van der Waals surface area contributed by atoms with Gasteiger partial charge < -0.3 is 5.32 Å². The van der Waals surface area contributed by atoms with Gasteiger partial charge in [0.1, 0.15) is 0 Å². The Balaban J connectivity index is 2.96. The summed E-state index contributed by atoms with van der Waals surface area (Å²) in [5.74, 6) is -0.319. The van der Waals surface area contributed by atoms with Gasteiger partial charge >= 0.3 is 0 Å². The van der Waals surface area contributed by atoms with Crippen molar-refractivity contribution in [2.75, 3.05) is 6.54 Å². The molecule has 1 N–H and O–H groups in total. The molecule has 4 nitrogen and oxygen atoms in total. The van der Waals surface area contributed by atoms with Gasteiger partial charge in [-0.1, -0.05) is 20.8 Å². The number of amides is 1. The molecule has 0 aliphatic rings. The van der Waals surface area contributed by atoms with Crippen LogP contribution in [0.15, 0.2) is 27.6 Å². The maximum atomic E-state index is 12.0. The summed E-state index contributed by atoms with van der Waals surface area (Å²) < 4.78 is 23.1. The van der Waals surface area contributed by atoms with E-state index >= 15 is 0 Å². The largest absolute Gasteiger partial charge is 0.352 e. The first-order chi connectivity index (χ1) is 9.07. The minimum atomic E-state index is -3.89. The zero-order valence-corrected chi connectivity index (χ0v) is 14.7. The van der Waals surface area contributed by atoms with Crippen molar-refractivity contribution < 1.29 is 13.2 Å². The fourth-order valence-corrected chi connectivity index (χ4v) is 3.50. The lowest BCUT2D eigenvalue weighted by Crippen LogP contribution is -2.33. The average molecular weight is 383 g/mol. The lowest BCUT2D eigenvalue weighted by Gasteiger charge is -2.22. The Hall–Kier alpha value is -0.590. The molecule has 0 saturated heterocycles. The van der Waals surface area contributed by atoms with Crippen LogP contribution in [-0.4, -0.2) is 20.9 Å². The van der Waals surface area contributed by atoms with Gasteiger partial charge in [-0.25, -0.2) is 8.42 Å². The highest BCUT2D eigenvalue weighted by Gasteiger charge is 2.19. The Labute approximate surface area is 132 Å². The van der Waals surface area contributed by atoms with Gasteiger partial charge in [0, 0.05) is 27.3 Å². The minimum Gasteiger partial charge on any atom is -0.352 e. The van der Waals surface area contributed by atoms with E-state index in [1.807, 2.05) is 20.8 Å². The van der Waals surface area contributed by atoms with E-state index in [4.69, 9.17) is 10.7 Å². The summed E-state index contributed by atoms with van der Waals surface area (Å²) in [5.41, 5.74) is 0.256. The van der Waals surface area contributed by atoms with Crippen molar-refractivity contribution in [3.8, 4) is 0 Å². The average Bonchev–Trinajstić information content (AvgIpc) is 2.35. The second-order valence-electron chi connectivity index (χ2n) is 5.28. The van der Waals surface area contributed by atoms with Gasteiger partial charge in [0.2, 0.25) is 0 Å². The molecule has 0 saturated carbocycles. The van der Waals surface area contributed by atoms with E-state index in [1.54, 1.807) is 6.07 Å². The lowest BCUT2D eigenvalue weighted by atomic mass is 9.90. The summed E-state index contributed by atoms with van der Waals surface area (Å²) in [6.07, 6.45) is 0.926. The summed E-state index contributed by atoms with van der Waals surface area (Å²) in [6, 6.07) is 4.31. The molecule has 7 heteroatoms. The van der Waals surface area contributed by atoms with E-state index in [1.165, 1.54) is 12.1 Å². The highest BCUT2D eigenvalue weighted by Crippen LogP contribution is 2.26. The molecule has 0 fully saturated rings. The van der Waals surface area contributed by atoms with E-state index in [0.717, 1.165) is 6.42 Å². The standard InChI is InChI=1S/C13H17BrClNO3S/c1-4-13(2,3)8-16-12(17)9-5-6-10(14)11(7-9)20(15,18)19/h5-7H,4,8H2,1-3H3,(H,16,17). The molecule has 0 heterocycles. The lowest BCUT2D eigenvalue weighted by molar-refractivity contribution is 0.0935. The van der Waals surface area contributed by atoms with E-state index in [9.17, 15) is 13.2 Å². The number of hydrogen-bond donors (Lipinski definition) is 1. The van der Waals surface area contributed by atoms with Gasteiger partial charge in [-0.3, -0.25) is 4.79 Å². The molecule has 1 aromatic rings. The molecule has 20 heavy (non-hydrogen) atoms. The molecule has 1 amide bonds. The Bertz CT molecular complexity index is 614. The quantitative estimate of drug-likeness (QED) is 0.792. The van der Waals surface area contributed by atoms with Crippen LogP contribution in [0.2, 0.25) is 0 Å². The molecule has 112 valence electrons. The van der Waals surface area contributed by atoms with Crippen molar-refractivity contribution >= 4 is 41.6 Å². The van der Waals surface area contributed by atoms with Crippen LogP contribution in [0.5, 0.6) is 0 Å². The first-order valence-electron chi connectivity index (χ1n) is 6.09. The number of carbonyl (C=O) groups excluding carboxylic acids is 1. The van der Waals surface area contributed by atoms with Gasteiger partial charge in [0.15, 0.2) is 0 Å². The van der Waals surface area contributed by atoms with Crippen LogP contribution < -0.4 is 5.32 Å². The second-order valence-corrected chi connectivity index (χ2v) is 8.67. The Kier molecular flexibility index (Phi) is 5.63. The van der Waals surface area contributed by atoms with Crippen molar-refractivity contribution in [1.29, 1.82) is 0 Å². The molecular weight excluding hydrogens is 366 g/mol. The minimum absolute atomic E-state index is 0.00753. The third-order valence-corrected chi connectivity index (χ3v) is 5.46. The van der Waals surface area contributed by atoms with Crippen LogP contribution in [0.1, 0.15) is 37.6 Å². The fourth-order valence-electron chi connectivity index (χ4n) is 1.38.